The highest BCUT2D eigenvalue weighted by atomic mass is 16.5. The van der Waals surface area contributed by atoms with Crippen LogP contribution < -0.4 is 10.3 Å². The molecule has 1 N–H and O–H groups in total. The van der Waals surface area contributed by atoms with E-state index < -0.39 is 0 Å². The summed E-state index contributed by atoms with van der Waals surface area (Å²) in [7, 11) is 0. The van der Waals surface area contributed by atoms with Crippen LogP contribution in [-0.2, 0) is 19.6 Å². The number of tetrazole rings is 1. The molecule has 0 bridgehead atoms. The van der Waals surface area contributed by atoms with Gasteiger partial charge in [-0.1, -0.05) is 61.4 Å². The summed E-state index contributed by atoms with van der Waals surface area (Å²) in [5.74, 6) is 2.17. The standard InChI is InChI=1S/C28H28N6O2/c1-3-4-5-26-29-25-15-6-19(2)16-24(25)28(35)34(26)17-20-9-13-23(14-10-20)36-18-21-7-11-22(12-8-21)27-30-32-33-31-27/h6-16H,3-5,17-18H2,1-2H3,(H,30,31,32,33). The van der Waals surface area contributed by atoms with Crippen LogP contribution in [0.25, 0.3) is 22.3 Å². The Bertz CT molecular complexity index is 1510. The van der Waals surface area contributed by atoms with Gasteiger partial charge in [-0.3, -0.25) is 9.36 Å². The van der Waals surface area contributed by atoms with Crippen molar-refractivity contribution >= 4 is 10.9 Å². The maximum absolute atomic E-state index is 13.4. The first kappa shape index (κ1) is 23.4. The number of unbranched alkanes of at least 4 members (excludes halogenated alkanes) is 1. The Morgan fingerprint density at radius 2 is 1.75 bits per heavy atom. The lowest BCUT2D eigenvalue weighted by molar-refractivity contribution is 0.306. The smallest absolute Gasteiger partial charge is 0.261 e. The summed E-state index contributed by atoms with van der Waals surface area (Å²) in [6.45, 7) is 5.07. The molecule has 0 aliphatic carbocycles. The van der Waals surface area contributed by atoms with Crippen LogP contribution in [0.2, 0.25) is 0 Å². The second-order valence-electron chi connectivity index (χ2n) is 8.91. The molecule has 0 spiro atoms. The van der Waals surface area contributed by atoms with Gasteiger partial charge in [0.15, 0.2) is 0 Å². The Hall–Kier alpha value is -4.33. The van der Waals surface area contributed by atoms with Crippen LogP contribution in [0.15, 0.2) is 71.5 Å². The number of H-pyrrole nitrogens is 1. The third-order valence-corrected chi connectivity index (χ3v) is 6.17. The quantitative estimate of drug-likeness (QED) is 0.324. The molecule has 5 rings (SSSR count). The molecule has 3 aromatic carbocycles. The van der Waals surface area contributed by atoms with Gasteiger partial charge in [-0.25, -0.2) is 4.98 Å². The predicted molar refractivity (Wildman–Crippen MR) is 139 cm³/mol. The first-order valence-corrected chi connectivity index (χ1v) is 12.2. The first-order chi connectivity index (χ1) is 17.6. The van der Waals surface area contributed by atoms with Crippen molar-refractivity contribution < 1.29 is 4.74 Å². The molecule has 36 heavy (non-hydrogen) atoms. The molecule has 8 heteroatoms. The number of hydrogen-bond acceptors (Lipinski definition) is 6. The molecule has 0 atom stereocenters. The lowest BCUT2D eigenvalue weighted by Crippen LogP contribution is -2.26. The molecule has 2 aromatic heterocycles. The van der Waals surface area contributed by atoms with Crippen LogP contribution in [0.5, 0.6) is 5.75 Å². The van der Waals surface area contributed by atoms with Gasteiger partial charge in [0.25, 0.3) is 5.56 Å². The molecule has 0 aliphatic heterocycles. The topological polar surface area (TPSA) is 98.6 Å². The fourth-order valence-corrected chi connectivity index (χ4v) is 4.14. The van der Waals surface area contributed by atoms with Crippen LogP contribution in [0.1, 0.15) is 42.3 Å². The van der Waals surface area contributed by atoms with E-state index in [1.54, 1.807) is 0 Å². The maximum Gasteiger partial charge on any atom is 0.261 e. The number of aromatic nitrogens is 6. The summed E-state index contributed by atoms with van der Waals surface area (Å²) in [5, 5.41) is 14.7. The van der Waals surface area contributed by atoms with E-state index in [1.807, 2.05) is 78.2 Å². The molecule has 0 unspecified atom stereocenters. The third kappa shape index (κ3) is 5.17. The molecule has 0 radical (unpaired) electrons. The molecular formula is C28H28N6O2. The van der Waals surface area contributed by atoms with E-state index in [0.29, 0.717) is 24.4 Å². The Balaban J connectivity index is 1.30. The highest BCUT2D eigenvalue weighted by Crippen LogP contribution is 2.19. The van der Waals surface area contributed by atoms with Crippen LogP contribution in [0.3, 0.4) is 0 Å². The molecule has 0 amide bonds. The van der Waals surface area contributed by atoms with Crippen molar-refractivity contribution in [2.75, 3.05) is 0 Å². The Labute approximate surface area is 209 Å². The number of ether oxygens (including phenoxy) is 1. The monoisotopic (exact) mass is 480 g/mol. The highest BCUT2D eigenvalue weighted by Gasteiger charge is 2.12. The third-order valence-electron chi connectivity index (χ3n) is 6.17. The molecule has 2 heterocycles. The largest absolute Gasteiger partial charge is 0.489 e. The Kier molecular flexibility index (Phi) is 6.84. The summed E-state index contributed by atoms with van der Waals surface area (Å²) < 4.78 is 7.79. The molecule has 182 valence electrons. The van der Waals surface area contributed by atoms with Crippen molar-refractivity contribution in [3.63, 3.8) is 0 Å². The summed E-state index contributed by atoms with van der Waals surface area (Å²) in [5.41, 5.74) is 4.79. The van der Waals surface area contributed by atoms with Gasteiger partial charge in [0, 0.05) is 12.0 Å². The maximum atomic E-state index is 13.4. The fraction of sp³-hybridized carbons (Fsp3) is 0.250. The summed E-state index contributed by atoms with van der Waals surface area (Å²) in [4.78, 5) is 18.2. The van der Waals surface area contributed by atoms with E-state index in [4.69, 9.17) is 9.72 Å². The van der Waals surface area contributed by atoms with Crippen molar-refractivity contribution in [1.29, 1.82) is 0 Å². The van der Waals surface area contributed by atoms with Gasteiger partial charge in [-0.15, -0.1) is 10.2 Å². The van der Waals surface area contributed by atoms with Crippen molar-refractivity contribution in [1.82, 2.24) is 30.2 Å². The first-order valence-electron chi connectivity index (χ1n) is 12.2. The van der Waals surface area contributed by atoms with Gasteiger partial charge in [0.05, 0.1) is 17.4 Å². The van der Waals surface area contributed by atoms with Crippen molar-refractivity contribution in [3.8, 4) is 17.1 Å². The zero-order valence-electron chi connectivity index (χ0n) is 20.4. The van der Waals surface area contributed by atoms with Gasteiger partial charge in [-0.05, 0) is 54.0 Å². The highest BCUT2D eigenvalue weighted by molar-refractivity contribution is 5.78. The average Bonchev–Trinajstić information content (AvgIpc) is 3.45. The lowest BCUT2D eigenvalue weighted by atomic mass is 10.1. The van der Waals surface area contributed by atoms with E-state index in [1.165, 1.54) is 0 Å². The van der Waals surface area contributed by atoms with Crippen molar-refractivity contribution in [2.45, 2.75) is 46.3 Å². The second-order valence-corrected chi connectivity index (χ2v) is 8.91. The molecule has 0 saturated carbocycles. The number of hydrogen-bond donors (Lipinski definition) is 1. The minimum atomic E-state index is 0.0133. The number of benzene rings is 3. The van der Waals surface area contributed by atoms with Crippen LogP contribution in [-0.4, -0.2) is 30.2 Å². The van der Waals surface area contributed by atoms with Crippen molar-refractivity contribution in [2.24, 2.45) is 0 Å². The molecular weight excluding hydrogens is 452 g/mol. The molecule has 0 fully saturated rings. The van der Waals surface area contributed by atoms with Crippen LogP contribution >= 0.6 is 0 Å². The minimum Gasteiger partial charge on any atom is -0.489 e. The lowest BCUT2D eigenvalue weighted by Gasteiger charge is -2.14. The second kappa shape index (κ2) is 10.5. The number of aromatic amines is 1. The van der Waals surface area contributed by atoms with Gasteiger partial charge in [0.1, 0.15) is 18.2 Å². The number of fused-ring (bicyclic) bond motifs is 1. The normalized spacial score (nSPS) is 11.2. The van der Waals surface area contributed by atoms with Gasteiger partial charge in [-0.2, -0.15) is 5.21 Å². The summed E-state index contributed by atoms with van der Waals surface area (Å²) >= 11 is 0. The minimum absolute atomic E-state index is 0.0133. The zero-order chi connectivity index (χ0) is 24.9. The predicted octanol–water partition coefficient (Wildman–Crippen LogP) is 4.85. The Morgan fingerprint density at radius 3 is 2.47 bits per heavy atom. The van der Waals surface area contributed by atoms with Crippen LogP contribution in [0.4, 0.5) is 0 Å². The fourth-order valence-electron chi connectivity index (χ4n) is 4.14. The van der Waals surface area contributed by atoms with Gasteiger partial charge >= 0.3 is 0 Å². The molecule has 0 aliphatic rings. The van der Waals surface area contributed by atoms with E-state index in [0.717, 1.165) is 58.6 Å². The number of aryl methyl sites for hydroxylation is 2. The van der Waals surface area contributed by atoms with E-state index in [9.17, 15) is 4.79 Å². The van der Waals surface area contributed by atoms with E-state index in [-0.39, 0.29) is 5.56 Å². The zero-order valence-corrected chi connectivity index (χ0v) is 20.4. The average molecular weight is 481 g/mol. The molecule has 0 saturated heterocycles. The SMILES string of the molecule is CCCCc1nc2ccc(C)cc2c(=O)n1Cc1ccc(OCc2ccc(-c3nn[nH]n3)cc2)cc1. The van der Waals surface area contributed by atoms with Crippen LogP contribution in [0, 0.1) is 6.92 Å². The van der Waals surface area contributed by atoms with E-state index >= 15 is 0 Å². The molecule has 5 aromatic rings. The number of rotatable bonds is 9. The summed E-state index contributed by atoms with van der Waals surface area (Å²) in [6, 6.07) is 21.6. The van der Waals surface area contributed by atoms with Crippen molar-refractivity contribution in [3.05, 3.63) is 99.6 Å². The summed E-state index contributed by atoms with van der Waals surface area (Å²) in [6.07, 6.45) is 2.82. The number of nitrogens with zero attached hydrogens (tertiary/aromatic N) is 5. The van der Waals surface area contributed by atoms with E-state index in [2.05, 4.69) is 27.5 Å². The molecule has 8 nitrogen and oxygen atoms in total. The van der Waals surface area contributed by atoms with Gasteiger partial charge in [0.2, 0.25) is 5.82 Å². The number of nitrogens with one attached hydrogen (secondary N) is 1. The van der Waals surface area contributed by atoms with Gasteiger partial charge < -0.3 is 4.74 Å². The Morgan fingerprint density at radius 1 is 0.972 bits per heavy atom.